The van der Waals surface area contributed by atoms with E-state index in [1.54, 1.807) is 18.2 Å². The van der Waals surface area contributed by atoms with Gasteiger partial charge in [0.25, 0.3) is 5.69 Å². The molecule has 1 aromatic heterocycles. The van der Waals surface area contributed by atoms with Gasteiger partial charge in [-0.2, -0.15) is 0 Å². The molecular weight excluding hydrogens is 298 g/mol. The highest BCUT2D eigenvalue weighted by Gasteiger charge is 2.15. The third-order valence-corrected chi connectivity index (χ3v) is 3.28. The average Bonchev–Trinajstić information content (AvgIpc) is 2.95. The second-order valence-electron chi connectivity index (χ2n) is 4.87. The first-order valence-electron chi connectivity index (χ1n) is 6.87. The van der Waals surface area contributed by atoms with Crippen LogP contribution in [0.5, 0.6) is 0 Å². The smallest absolute Gasteiger partial charge is 0.413 e. The summed E-state index contributed by atoms with van der Waals surface area (Å²) in [7, 11) is 0. The Morgan fingerprint density at radius 1 is 1.17 bits per heavy atom. The zero-order chi connectivity index (χ0) is 16.2. The number of carbonyl (C=O) groups excluding carboxylic acids is 1. The molecule has 0 saturated heterocycles. The molecule has 0 bridgehead atoms. The van der Waals surface area contributed by atoms with Gasteiger partial charge in [0.1, 0.15) is 17.9 Å². The Balaban J connectivity index is 1.70. The quantitative estimate of drug-likeness (QED) is 0.565. The maximum absolute atomic E-state index is 11.8. The van der Waals surface area contributed by atoms with Gasteiger partial charge in [-0.3, -0.25) is 15.4 Å². The van der Waals surface area contributed by atoms with Gasteiger partial charge in [0.15, 0.2) is 0 Å². The third-order valence-electron chi connectivity index (χ3n) is 3.28. The van der Waals surface area contributed by atoms with Crippen molar-refractivity contribution in [2.45, 2.75) is 6.61 Å². The summed E-state index contributed by atoms with van der Waals surface area (Å²) in [6, 6.07) is 15.6. The average molecular weight is 311 g/mol. The SMILES string of the molecule is O=C(Nc1cc2cccc([N+](=O)[O-])c2[nH]1)OCc1ccccc1. The summed E-state index contributed by atoms with van der Waals surface area (Å²) in [4.78, 5) is 25.1. The van der Waals surface area contributed by atoms with E-state index < -0.39 is 11.0 Å². The maximum Gasteiger partial charge on any atom is 0.413 e. The largest absolute Gasteiger partial charge is 0.444 e. The number of anilines is 1. The molecule has 0 fully saturated rings. The lowest BCUT2D eigenvalue weighted by atomic mass is 10.2. The number of non-ortho nitro benzene ring substituents is 1. The highest BCUT2D eigenvalue weighted by atomic mass is 16.6. The summed E-state index contributed by atoms with van der Waals surface area (Å²) >= 11 is 0. The molecule has 0 aliphatic carbocycles. The standard InChI is InChI=1S/C16H13N3O4/c20-16(23-10-11-5-2-1-3-6-11)18-14-9-12-7-4-8-13(19(21)22)15(12)17-14/h1-9,17H,10H2,(H,18,20). The van der Waals surface area contributed by atoms with Crippen LogP contribution in [-0.4, -0.2) is 16.0 Å². The number of ether oxygens (including phenoxy) is 1. The number of para-hydroxylation sites is 1. The zero-order valence-electron chi connectivity index (χ0n) is 12.0. The number of nitrogens with zero attached hydrogens (tertiary/aromatic N) is 1. The van der Waals surface area contributed by atoms with E-state index >= 15 is 0 Å². The Morgan fingerprint density at radius 2 is 1.96 bits per heavy atom. The van der Waals surface area contributed by atoms with Crippen molar-refractivity contribution in [3.8, 4) is 0 Å². The number of H-pyrrole nitrogens is 1. The fraction of sp³-hybridized carbons (Fsp3) is 0.0625. The van der Waals surface area contributed by atoms with Crippen LogP contribution in [0.25, 0.3) is 10.9 Å². The maximum atomic E-state index is 11.8. The van der Waals surface area contributed by atoms with Crippen LogP contribution in [0, 0.1) is 10.1 Å². The zero-order valence-corrected chi connectivity index (χ0v) is 12.0. The summed E-state index contributed by atoms with van der Waals surface area (Å²) in [5.41, 5.74) is 1.18. The van der Waals surface area contributed by atoms with Gasteiger partial charge >= 0.3 is 6.09 Å². The predicted octanol–water partition coefficient (Wildman–Crippen LogP) is 3.82. The number of hydrogen-bond acceptors (Lipinski definition) is 4. The lowest BCUT2D eigenvalue weighted by Gasteiger charge is -2.05. The number of amides is 1. The molecule has 0 atom stereocenters. The summed E-state index contributed by atoms with van der Waals surface area (Å²) in [5, 5.41) is 14.1. The molecule has 0 unspecified atom stereocenters. The number of nitro groups is 1. The minimum atomic E-state index is -0.636. The number of nitrogens with one attached hydrogen (secondary N) is 2. The number of fused-ring (bicyclic) bond motifs is 1. The normalized spacial score (nSPS) is 10.4. The molecular formula is C16H13N3O4. The van der Waals surface area contributed by atoms with Crippen LogP contribution in [0.15, 0.2) is 54.6 Å². The number of aromatic nitrogens is 1. The molecule has 3 rings (SSSR count). The van der Waals surface area contributed by atoms with Gasteiger partial charge in [0.05, 0.1) is 4.92 Å². The lowest BCUT2D eigenvalue weighted by Crippen LogP contribution is -2.13. The minimum absolute atomic E-state index is 0.0480. The molecule has 7 heteroatoms. The monoisotopic (exact) mass is 311 g/mol. The molecule has 0 radical (unpaired) electrons. The van der Waals surface area contributed by atoms with Gasteiger partial charge < -0.3 is 9.72 Å². The second-order valence-corrected chi connectivity index (χ2v) is 4.87. The van der Waals surface area contributed by atoms with E-state index in [0.717, 1.165) is 5.56 Å². The van der Waals surface area contributed by atoms with Gasteiger partial charge in [-0.15, -0.1) is 0 Å². The van der Waals surface area contributed by atoms with Crippen molar-refractivity contribution in [2.75, 3.05) is 5.32 Å². The molecule has 116 valence electrons. The summed E-state index contributed by atoms with van der Waals surface area (Å²) in [6.07, 6.45) is -0.636. The number of aromatic amines is 1. The third kappa shape index (κ3) is 3.29. The molecule has 1 heterocycles. The van der Waals surface area contributed by atoms with E-state index in [2.05, 4.69) is 10.3 Å². The van der Waals surface area contributed by atoms with Crippen LogP contribution in [0.1, 0.15) is 5.56 Å². The highest BCUT2D eigenvalue weighted by molar-refractivity contribution is 5.94. The predicted molar refractivity (Wildman–Crippen MR) is 85.2 cm³/mol. The van der Waals surface area contributed by atoms with Crippen molar-refractivity contribution in [1.29, 1.82) is 0 Å². The van der Waals surface area contributed by atoms with Crippen molar-refractivity contribution in [1.82, 2.24) is 4.98 Å². The minimum Gasteiger partial charge on any atom is -0.444 e. The van der Waals surface area contributed by atoms with E-state index in [-0.39, 0.29) is 12.3 Å². The second kappa shape index (κ2) is 6.18. The van der Waals surface area contributed by atoms with Crippen molar-refractivity contribution in [3.63, 3.8) is 0 Å². The first-order chi connectivity index (χ1) is 11.1. The Morgan fingerprint density at radius 3 is 2.70 bits per heavy atom. The van der Waals surface area contributed by atoms with Gasteiger partial charge in [0, 0.05) is 11.5 Å². The Labute approximate surface area is 131 Å². The first kappa shape index (κ1) is 14.6. The fourth-order valence-electron chi connectivity index (χ4n) is 2.23. The van der Waals surface area contributed by atoms with Gasteiger partial charge in [-0.05, 0) is 11.6 Å². The van der Waals surface area contributed by atoms with E-state index in [1.807, 2.05) is 30.3 Å². The van der Waals surface area contributed by atoms with Gasteiger partial charge in [-0.25, -0.2) is 4.79 Å². The number of hydrogen-bond donors (Lipinski definition) is 2. The lowest BCUT2D eigenvalue weighted by molar-refractivity contribution is -0.383. The van der Waals surface area contributed by atoms with Crippen molar-refractivity contribution >= 4 is 28.5 Å². The number of carbonyl (C=O) groups is 1. The van der Waals surface area contributed by atoms with Crippen molar-refractivity contribution in [3.05, 3.63) is 70.3 Å². The number of nitro benzene ring substituents is 1. The van der Waals surface area contributed by atoms with Crippen LogP contribution in [0.3, 0.4) is 0 Å². The number of rotatable bonds is 4. The van der Waals surface area contributed by atoms with Crippen LogP contribution < -0.4 is 5.32 Å². The molecule has 0 aliphatic rings. The molecule has 7 nitrogen and oxygen atoms in total. The Kier molecular flexibility index (Phi) is 3.92. The fourth-order valence-corrected chi connectivity index (χ4v) is 2.23. The van der Waals surface area contributed by atoms with Crippen molar-refractivity contribution < 1.29 is 14.5 Å². The summed E-state index contributed by atoms with van der Waals surface area (Å²) in [5.74, 6) is 0.340. The topological polar surface area (TPSA) is 97.3 Å². The molecule has 3 aromatic rings. The molecule has 23 heavy (non-hydrogen) atoms. The molecule has 0 spiro atoms. The highest BCUT2D eigenvalue weighted by Crippen LogP contribution is 2.27. The first-order valence-corrected chi connectivity index (χ1v) is 6.87. The van der Waals surface area contributed by atoms with Crippen LogP contribution in [-0.2, 0) is 11.3 Å². The van der Waals surface area contributed by atoms with E-state index in [4.69, 9.17) is 4.74 Å². The Hall–Kier alpha value is -3.35. The molecule has 0 aliphatic heterocycles. The van der Waals surface area contributed by atoms with E-state index in [9.17, 15) is 14.9 Å². The van der Waals surface area contributed by atoms with Gasteiger partial charge in [-0.1, -0.05) is 42.5 Å². The molecule has 0 saturated carbocycles. The van der Waals surface area contributed by atoms with Crippen LogP contribution in [0.4, 0.5) is 16.3 Å². The van der Waals surface area contributed by atoms with E-state index in [1.165, 1.54) is 6.07 Å². The van der Waals surface area contributed by atoms with Crippen molar-refractivity contribution in [2.24, 2.45) is 0 Å². The summed E-state index contributed by atoms with van der Waals surface area (Å²) in [6.45, 7) is 0.146. The van der Waals surface area contributed by atoms with Crippen LogP contribution >= 0.6 is 0 Å². The Bertz CT molecular complexity index is 858. The van der Waals surface area contributed by atoms with Gasteiger partial charge in [0.2, 0.25) is 0 Å². The number of benzene rings is 2. The summed E-state index contributed by atoms with van der Waals surface area (Å²) < 4.78 is 5.10. The molecule has 2 aromatic carbocycles. The van der Waals surface area contributed by atoms with Crippen LogP contribution in [0.2, 0.25) is 0 Å². The molecule has 1 amide bonds. The van der Waals surface area contributed by atoms with E-state index in [0.29, 0.717) is 16.7 Å². The molecule has 2 N–H and O–H groups in total.